The van der Waals surface area contributed by atoms with Crippen LogP contribution in [-0.2, 0) is 0 Å². The zero-order chi connectivity index (χ0) is 11.2. The van der Waals surface area contributed by atoms with E-state index < -0.39 is 0 Å². The normalized spacial score (nSPS) is 26.8. The minimum Gasteiger partial charge on any atom is -0.314 e. The molecule has 0 unspecified atom stereocenters. The van der Waals surface area contributed by atoms with Gasteiger partial charge >= 0.3 is 0 Å². The van der Waals surface area contributed by atoms with Gasteiger partial charge in [0.2, 0.25) is 0 Å². The second-order valence-electron chi connectivity index (χ2n) is 6.10. The Balaban J connectivity index is 1.64. The number of rotatable bonds is 4. The lowest BCUT2D eigenvalue weighted by molar-refractivity contribution is 0.336. The minimum atomic E-state index is 0.769. The van der Waals surface area contributed by atoms with E-state index in [1.807, 2.05) is 0 Å². The highest BCUT2D eigenvalue weighted by atomic mass is 14.9. The van der Waals surface area contributed by atoms with Crippen molar-refractivity contribution >= 4 is 0 Å². The van der Waals surface area contributed by atoms with E-state index in [0.717, 1.165) is 17.9 Å². The van der Waals surface area contributed by atoms with Crippen molar-refractivity contribution in [2.45, 2.75) is 77.2 Å². The molecule has 1 atom stereocenters. The molecule has 0 aromatic rings. The number of nitrogens with one attached hydrogen (secondary N) is 1. The molecule has 0 heterocycles. The molecule has 0 spiro atoms. The summed E-state index contributed by atoms with van der Waals surface area (Å²) in [6.07, 6.45) is 14.8. The molecular weight excluding hydrogens is 194 g/mol. The van der Waals surface area contributed by atoms with Gasteiger partial charge in [0.15, 0.2) is 0 Å². The van der Waals surface area contributed by atoms with Crippen LogP contribution in [0.4, 0.5) is 0 Å². The average molecular weight is 223 g/mol. The van der Waals surface area contributed by atoms with Crippen LogP contribution >= 0.6 is 0 Å². The fraction of sp³-hybridized carbons (Fsp3) is 1.00. The first kappa shape index (κ1) is 12.4. The molecule has 2 fully saturated rings. The van der Waals surface area contributed by atoms with Crippen LogP contribution in [-0.4, -0.2) is 12.6 Å². The Hall–Kier alpha value is -0.0400. The largest absolute Gasteiger partial charge is 0.314 e. The smallest absolute Gasteiger partial charge is 0.00671 e. The van der Waals surface area contributed by atoms with Crippen molar-refractivity contribution < 1.29 is 0 Å². The van der Waals surface area contributed by atoms with E-state index in [1.165, 1.54) is 70.8 Å². The van der Waals surface area contributed by atoms with Gasteiger partial charge in [-0.1, -0.05) is 38.5 Å². The van der Waals surface area contributed by atoms with Gasteiger partial charge in [0.05, 0.1) is 0 Å². The van der Waals surface area contributed by atoms with Crippen LogP contribution in [0.25, 0.3) is 0 Å². The summed E-state index contributed by atoms with van der Waals surface area (Å²) in [6, 6.07) is 0.769. The van der Waals surface area contributed by atoms with Crippen LogP contribution < -0.4 is 5.32 Å². The van der Waals surface area contributed by atoms with E-state index in [4.69, 9.17) is 0 Å². The lowest BCUT2D eigenvalue weighted by Gasteiger charge is -2.23. The summed E-state index contributed by atoms with van der Waals surface area (Å²) in [5, 5.41) is 3.82. The van der Waals surface area contributed by atoms with Gasteiger partial charge in [0.25, 0.3) is 0 Å². The monoisotopic (exact) mass is 223 g/mol. The second-order valence-corrected chi connectivity index (χ2v) is 6.10. The maximum Gasteiger partial charge on any atom is 0.00671 e. The first-order valence-electron chi connectivity index (χ1n) is 7.59. The maximum atomic E-state index is 3.82. The molecule has 1 N–H and O–H groups in total. The fourth-order valence-electron chi connectivity index (χ4n) is 3.54. The van der Waals surface area contributed by atoms with Crippen LogP contribution in [0.15, 0.2) is 0 Å². The summed E-state index contributed by atoms with van der Waals surface area (Å²) in [5.74, 6) is 1.96. The van der Waals surface area contributed by atoms with Gasteiger partial charge in [0, 0.05) is 6.04 Å². The van der Waals surface area contributed by atoms with Crippen LogP contribution in [0.1, 0.15) is 71.1 Å². The van der Waals surface area contributed by atoms with Gasteiger partial charge in [-0.3, -0.25) is 0 Å². The van der Waals surface area contributed by atoms with Gasteiger partial charge < -0.3 is 5.32 Å². The highest BCUT2D eigenvalue weighted by Gasteiger charge is 2.22. The lowest BCUT2D eigenvalue weighted by Crippen LogP contribution is -2.35. The Morgan fingerprint density at radius 1 is 0.875 bits per heavy atom. The van der Waals surface area contributed by atoms with Gasteiger partial charge in [-0.05, 0) is 51.0 Å². The summed E-state index contributed by atoms with van der Waals surface area (Å²) in [7, 11) is 0. The van der Waals surface area contributed by atoms with Crippen molar-refractivity contribution in [3.8, 4) is 0 Å². The van der Waals surface area contributed by atoms with Crippen molar-refractivity contribution in [2.75, 3.05) is 6.54 Å². The highest BCUT2D eigenvalue weighted by molar-refractivity contribution is 4.78. The van der Waals surface area contributed by atoms with Gasteiger partial charge in [-0.15, -0.1) is 0 Å². The Morgan fingerprint density at radius 2 is 1.44 bits per heavy atom. The number of hydrogen-bond acceptors (Lipinski definition) is 1. The Bertz CT molecular complexity index is 174. The van der Waals surface area contributed by atoms with Gasteiger partial charge in [-0.2, -0.15) is 0 Å². The number of hydrogen-bond donors (Lipinski definition) is 1. The second kappa shape index (κ2) is 6.64. The Labute approximate surface area is 101 Å². The first-order valence-corrected chi connectivity index (χ1v) is 7.59. The van der Waals surface area contributed by atoms with Crippen molar-refractivity contribution in [3.63, 3.8) is 0 Å². The molecule has 0 aromatic heterocycles. The molecule has 2 aliphatic carbocycles. The highest BCUT2D eigenvalue weighted by Crippen LogP contribution is 2.28. The van der Waals surface area contributed by atoms with E-state index in [1.54, 1.807) is 0 Å². The molecule has 1 heteroatoms. The molecule has 16 heavy (non-hydrogen) atoms. The molecular formula is C15H29N. The first-order chi connectivity index (χ1) is 7.86. The molecule has 0 amide bonds. The molecule has 94 valence electrons. The molecule has 2 saturated carbocycles. The third-order valence-electron chi connectivity index (χ3n) is 4.81. The van der Waals surface area contributed by atoms with Crippen LogP contribution in [0, 0.1) is 11.8 Å². The average Bonchev–Trinajstić information content (AvgIpc) is 2.71. The zero-order valence-electron chi connectivity index (χ0n) is 11.0. The standard InChI is InChI=1S/C15H29N/c1-13(15-10-6-7-11-15)16-12-14-8-4-2-3-5-9-14/h13-16H,2-12H2,1H3/t13-/m0/s1. The Kier molecular flexibility index (Phi) is 5.15. The molecule has 0 radical (unpaired) electrons. The SMILES string of the molecule is C[C@H](NCC1CCCCCC1)C1CCCC1. The molecule has 0 aliphatic heterocycles. The van der Waals surface area contributed by atoms with E-state index in [0.29, 0.717) is 0 Å². The molecule has 2 aliphatic rings. The topological polar surface area (TPSA) is 12.0 Å². The lowest BCUT2D eigenvalue weighted by atomic mass is 9.96. The fourth-order valence-corrected chi connectivity index (χ4v) is 3.54. The summed E-state index contributed by atoms with van der Waals surface area (Å²) in [5.41, 5.74) is 0. The minimum absolute atomic E-state index is 0.769. The van der Waals surface area contributed by atoms with E-state index in [-0.39, 0.29) is 0 Å². The van der Waals surface area contributed by atoms with E-state index in [9.17, 15) is 0 Å². The van der Waals surface area contributed by atoms with Crippen LogP contribution in [0.3, 0.4) is 0 Å². The van der Waals surface area contributed by atoms with Crippen molar-refractivity contribution in [1.29, 1.82) is 0 Å². The third kappa shape index (κ3) is 3.76. The molecule has 0 saturated heterocycles. The Morgan fingerprint density at radius 3 is 2.06 bits per heavy atom. The van der Waals surface area contributed by atoms with E-state index >= 15 is 0 Å². The summed E-state index contributed by atoms with van der Waals surface area (Å²) < 4.78 is 0. The molecule has 2 rings (SSSR count). The summed E-state index contributed by atoms with van der Waals surface area (Å²) >= 11 is 0. The maximum absolute atomic E-state index is 3.82. The predicted molar refractivity (Wildman–Crippen MR) is 70.6 cm³/mol. The van der Waals surface area contributed by atoms with Crippen molar-refractivity contribution in [3.05, 3.63) is 0 Å². The molecule has 0 aromatic carbocycles. The van der Waals surface area contributed by atoms with Gasteiger partial charge in [0.1, 0.15) is 0 Å². The van der Waals surface area contributed by atoms with E-state index in [2.05, 4.69) is 12.2 Å². The molecule has 1 nitrogen and oxygen atoms in total. The van der Waals surface area contributed by atoms with Crippen LogP contribution in [0.5, 0.6) is 0 Å². The molecule has 0 bridgehead atoms. The van der Waals surface area contributed by atoms with Crippen molar-refractivity contribution in [2.24, 2.45) is 11.8 Å². The quantitative estimate of drug-likeness (QED) is 0.707. The predicted octanol–water partition coefficient (Wildman–Crippen LogP) is 4.13. The zero-order valence-corrected chi connectivity index (χ0v) is 11.0. The van der Waals surface area contributed by atoms with Crippen molar-refractivity contribution in [1.82, 2.24) is 5.32 Å². The van der Waals surface area contributed by atoms with Gasteiger partial charge in [-0.25, -0.2) is 0 Å². The van der Waals surface area contributed by atoms with Crippen LogP contribution in [0.2, 0.25) is 0 Å². The third-order valence-corrected chi connectivity index (χ3v) is 4.81. The summed E-state index contributed by atoms with van der Waals surface area (Å²) in [6.45, 7) is 3.70. The summed E-state index contributed by atoms with van der Waals surface area (Å²) in [4.78, 5) is 0.